The van der Waals surface area contributed by atoms with Crippen molar-refractivity contribution >= 4 is 12.2 Å². The molecule has 0 aromatic heterocycles. The Kier molecular flexibility index (Phi) is 9.40. The second kappa shape index (κ2) is 12.4. The van der Waals surface area contributed by atoms with E-state index in [4.69, 9.17) is 14.2 Å². The van der Waals surface area contributed by atoms with E-state index in [0.29, 0.717) is 40.4 Å². The first kappa shape index (κ1) is 37.0. The Balaban J connectivity index is 0.00000417. The number of hydrogen-bond donors (Lipinski definition) is 2. The zero-order chi connectivity index (χ0) is 34.6. The fraction of sp³-hybridized carbons (Fsp3) is 0.947. The van der Waals surface area contributed by atoms with Gasteiger partial charge in [-0.25, -0.2) is 9.59 Å². The first-order valence-electron chi connectivity index (χ1n) is 18.7. The molecule has 2 aliphatic heterocycles. The summed E-state index contributed by atoms with van der Waals surface area (Å²) < 4.78 is 57.0. The van der Waals surface area contributed by atoms with Crippen LogP contribution in [0.1, 0.15) is 107 Å². The van der Waals surface area contributed by atoms with E-state index < -0.39 is 24.9 Å². The second-order valence-electron chi connectivity index (χ2n) is 18.3. The van der Waals surface area contributed by atoms with Crippen LogP contribution < -0.4 is 10.6 Å². The lowest BCUT2D eigenvalue weighted by molar-refractivity contribution is -0.165. The predicted molar refractivity (Wildman–Crippen MR) is 181 cm³/mol. The van der Waals surface area contributed by atoms with Crippen LogP contribution in [0, 0.1) is 57.2 Å². The molecule has 11 heteroatoms. The summed E-state index contributed by atoms with van der Waals surface area (Å²) in [6.45, 7) is 13.2. The summed E-state index contributed by atoms with van der Waals surface area (Å²) >= 11 is 0. The molecule has 2 heterocycles. The number of rotatable bonds is 6. The summed E-state index contributed by atoms with van der Waals surface area (Å²) in [6, 6.07) is -0.298. The van der Waals surface area contributed by atoms with Gasteiger partial charge in [-0.15, -0.1) is 0 Å². The van der Waals surface area contributed by atoms with Crippen LogP contribution in [0.3, 0.4) is 0 Å². The highest BCUT2D eigenvalue weighted by atomic mass is 19.4. The number of halogens is 3. The molecule has 8 unspecified atom stereocenters. The van der Waals surface area contributed by atoms with Crippen molar-refractivity contribution in [1.29, 1.82) is 0 Å². The van der Waals surface area contributed by atoms with Gasteiger partial charge in [0.25, 0.3) is 0 Å². The molecule has 0 aromatic rings. The Morgan fingerprint density at radius 3 is 2.35 bits per heavy atom. The van der Waals surface area contributed by atoms with Gasteiger partial charge in [-0.3, -0.25) is 4.90 Å². The summed E-state index contributed by atoms with van der Waals surface area (Å²) in [5.74, 6) is 2.99. The van der Waals surface area contributed by atoms with E-state index in [-0.39, 0.29) is 67.7 Å². The highest BCUT2D eigenvalue weighted by molar-refractivity contribution is 5.68. The minimum absolute atomic E-state index is 0. The lowest BCUT2D eigenvalue weighted by Crippen LogP contribution is -2.61. The summed E-state index contributed by atoms with van der Waals surface area (Å²) in [5, 5.41) is 5.44. The minimum atomic E-state index is -4.23. The molecule has 7 fully saturated rings. The number of amides is 2. The first-order valence-corrected chi connectivity index (χ1v) is 18.7. The Hall–Kier alpha value is -1.75. The number of nitrogens with one attached hydrogen (secondary N) is 2. The lowest BCUT2D eigenvalue weighted by atomic mass is 9.46. The highest BCUT2D eigenvalue weighted by Gasteiger charge is 2.81. The normalized spacial score (nSPS) is 44.4. The van der Waals surface area contributed by atoms with Gasteiger partial charge in [-0.05, 0) is 110 Å². The topological polar surface area (TPSA) is 89.1 Å². The van der Waals surface area contributed by atoms with Crippen molar-refractivity contribution in [2.45, 2.75) is 143 Å². The molecule has 0 aromatic carbocycles. The van der Waals surface area contributed by atoms with Crippen LogP contribution in [0.2, 0.25) is 0 Å². The minimum Gasteiger partial charge on any atom is -0.446 e. The van der Waals surface area contributed by atoms with Crippen molar-refractivity contribution < 1.29 is 37.0 Å². The lowest BCUT2D eigenvalue weighted by Gasteiger charge is -2.59. The molecule has 49 heavy (non-hydrogen) atoms. The molecule has 5 saturated carbocycles. The molecule has 0 bridgehead atoms. The smallest absolute Gasteiger partial charge is 0.407 e. The zero-order valence-electron chi connectivity index (χ0n) is 30.0. The van der Waals surface area contributed by atoms with E-state index in [0.717, 1.165) is 32.1 Å². The van der Waals surface area contributed by atoms with Gasteiger partial charge in [0.1, 0.15) is 12.2 Å². The van der Waals surface area contributed by atoms with E-state index in [1.807, 2.05) is 0 Å². The fourth-order valence-electron chi connectivity index (χ4n) is 13.5. The predicted octanol–water partition coefficient (Wildman–Crippen LogP) is 7.80. The summed E-state index contributed by atoms with van der Waals surface area (Å²) in [4.78, 5) is 26.5. The van der Waals surface area contributed by atoms with E-state index in [9.17, 15) is 22.8 Å². The van der Waals surface area contributed by atoms with Crippen molar-refractivity contribution in [2.24, 2.45) is 57.2 Å². The Morgan fingerprint density at radius 2 is 1.69 bits per heavy atom. The van der Waals surface area contributed by atoms with Crippen molar-refractivity contribution in [2.75, 3.05) is 26.7 Å². The molecule has 280 valence electrons. The molecule has 7 aliphatic rings. The monoisotopic (exact) mass is 697 g/mol. The third-order valence-electron chi connectivity index (χ3n) is 15.3. The fourth-order valence-corrected chi connectivity index (χ4v) is 13.5. The second-order valence-corrected chi connectivity index (χ2v) is 18.3. The molecule has 5 aliphatic carbocycles. The van der Waals surface area contributed by atoms with Gasteiger partial charge in [0.2, 0.25) is 0 Å². The molecule has 2 N–H and O–H groups in total. The van der Waals surface area contributed by atoms with Gasteiger partial charge >= 0.3 is 18.4 Å². The number of fused-ring (bicyclic) bond motifs is 4. The molecule has 2 amide bonds. The van der Waals surface area contributed by atoms with Crippen molar-refractivity contribution in [1.82, 2.24) is 15.5 Å². The number of alkyl halides is 3. The molecule has 7 rings (SSSR count). The molecule has 2 saturated heterocycles. The summed E-state index contributed by atoms with van der Waals surface area (Å²) in [5.41, 5.74) is 0.743. The molecular weight excluding hydrogens is 635 g/mol. The van der Waals surface area contributed by atoms with Crippen LogP contribution in [-0.4, -0.2) is 80.4 Å². The van der Waals surface area contributed by atoms with Crippen molar-refractivity contribution in [3.05, 3.63) is 0 Å². The Labute approximate surface area is 291 Å². The largest absolute Gasteiger partial charge is 0.446 e. The van der Waals surface area contributed by atoms with Crippen LogP contribution in [0.5, 0.6) is 0 Å². The number of ether oxygens (including phenoxy) is 3. The SMILES string of the molecule is C.CNC(=O)O[C@H](C(C)C)C1C[C@@H](C)C2C(CC3C4CCC5C(C)(C)[C@@H](OC(=O)NC6CN(CC(F)(F)F)C6)CCC56C[C@@]46CCC32C)O1. The average Bonchev–Trinajstić information content (AvgIpc) is 3.54. The third kappa shape index (κ3) is 5.87. The van der Waals surface area contributed by atoms with Crippen molar-refractivity contribution in [3.8, 4) is 0 Å². The van der Waals surface area contributed by atoms with E-state index in [1.54, 1.807) is 7.05 Å². The maximum Gasteiger partial charge on any atom is 0.407 e. The van der Waals surface area contributed by atoms with Gasteiger partial charge in [0.05, 0.1) is 24.8 Å². The average molecular weight is 698 g/mol. The van der Waals surface area contributed by atoms with Crippen LogP contribution >= 0.6 is 0 Å². The first-order chi connectivity index (χ1) is 22.4. The number of carbonyl (C=O) groups is 2. The van der Waals surface area contributed by atoms with Crippen LogP contribution in [0.4, 0.5) is 22.8 Å². The van der Waals surface area contributed by atoms with Crippen LogP contribution in [0.25, 0.3) is 0 Å². The molecule has 0 radical (unpaired) electrons. The van der Waals surface area contributed by atoms with Gasteiger partial charge in [-0.1, -0.05) is 49.0 Å². The quantitative estimate of drug-likeness (QED) is 0.295. The van der Waals surface area contributed by atoms with Crippen molar-refractivity contribution in [3.63, 3.8) is 0 Å². The highest BCUT2D eigenvalue weighted by Crippen LogP contribution is 2.87. The summed E-state index contributed by atoms with van der Waals surface area (Å²) in [6.07, 6.45) is 4.60. The molecule has 2 spiro atoms. The Bertz CT molecular complexity index is 1270. The van der Waals surface area contributed by atoms with Gasteiger partial charge < -0.3 is 24.8 Å². The molecule has 8 nitrogen and oxygen atoms in total. The van der Waals surface area contributed by atoms with Gasteiger partial charge in [0, 0.05) is 25.6 Å². The molecule has 12 atom stereocenters. The number of likely N-dealkylation sites (tertiary alicyclic amines) is 1. The summed E-state index contributed by atoms with van der Waals surface area (Å²) in [7, 11) is 1.60. The third-order valence-corrected chi connectivity index (χ3v) is 15.3. The van der Waals surface area contributed by atoms with E-state index in [1.165, 1.54) is 30.6 Å². The standard InChI is InChI=1S/C37H58F3N3O5.CH4/c1-20(2)30(48-31(44)41-7)26-14-21(3)29-25(46-26)15-24-23-8-9-27-33(4,5)28(10-11-36(27)18-35(23,36)13-12-34(24,29)6)47-32(45)42-22-16-43(17-22)19-37(38,39)40;/h20-30H,8-19H2,1-7H3,(H,41,44)(H,42,45);1H4/t21-,23?,24?,25?,26?,27?,28+,29?,30-,34?,35+,36?;/m1./s1. The maximum absolute atomic E-state index is 12.9. The maximum atomic E-state index is 12.9. The van der Waals surface area contributed by atoms with Gasteiger partial charge in [0.15, 0.2) is 0 Å². The number of alkyl carbamates (subject to hydrolysis) is 2. The van der Waals surface area contributed by atoms with Crippen LogP contribution in [0.15, 0.2) is 0 Å². The Morgan fingerprint density at radius 1 is 0.980 bits per heavy atom. The van der Waals surface area contributed by atoms with Gasteiger partial charge in [-0.2, -0.15) is 13.2 Å². The number of hydrogen-bond acceptors (Lipinski definition) is 6. The number of nitrogens with zero attached hydrogens (tertiary/aromatic N) is 1. The van der Waals surface area contributed by atoms with Crippen LogP contribution in [-0.2, 0) is 14.2 Å². The van der Waals surface area contributed by atoms with E-state index in [2.05, 4.69) is 52.2 Å². The van der Waals surface area contributed by atoms with E-state index >= 15 is 0 Å². The molecular formula is C38H62F3N3O5. The number of carbonyl (C=O) groups excluding carboxylic acids is 2. The zero-order valence-corrected chi connectivity index (χ0v) is 30.0.